The van der Waals surface area contributed by atoms with Gasteiger partial charge >= 0.3 is 0 Å². The van der Waals surface area contributed by atoms with Crippen LogP contribution in [-0.4, -0.2) is 62.7 Å². The lowest BCUT2D eigenvalue weighted by Crippen LogP contribution is -2.40. The van der Waals surface area contributed by atoms with Crippen molar-refractivity contribution in [3.8, 4) is 0 Å². The number of rotatable bonds is 11. The predicted octanol–water partition coefficient (Wildman–Crippen LogP) is 1.23. The number of hydrogen-bond acceptors (Lipinski definition) is 3. The van der Waals surface area contributed by atoms with E-state index in [0.29, 0.717) is 13.0 Å². The van der Waals surface area contributed by atoms with E-state index in [1.807, 2.05) is 32.6 Å². The zero-order chi connectivity index (χ0) is 15.9. The summed E-state index contributed by atoms with van der Waals surface area (Å²) in [6, 6.07) is 0. The molecule has 0 bridgehead atoms. The first kappa shape index (κ1) is 19.7. The van der Waals surface area contributed by atoms with E-state index in [4.69, 9.17) is 4.74 Å². The van der Waals surface area contributed by atoms with Gasteiger partial charge in [-0.3, -0.25) is 9.79 Å². The van der Waals surface area contributed by atoms with Crippen LogP contribution >= 0.6 is 0 Å². The van der Waals surface area contributed by atoms with Crippen LogP contribution in [0, 0.1) is 0 Å². The van der Waals surface area contributed by atoms with Crippen molar-refractivity contribution < 1.29 is 9.53 Å². The molecule has 2 N–H and O–H groups in total. The number of nitrogens with one attached hydrogen (secondary N) is 2. The molecule has 0 saturated carbocycles. The SMILES string of the molecule is CCNC(=NCCCOCC)NCCC(=O)N(CC)CC. The molecule has 0 aliphatic rings. The minimum atomic E-state index is 0.180. The molecule has 21 heavy (non-hydrogen) atoms. The van der Waals surface area contributed by atoms with E-state index in [1.54, 1.807) is 0 Å². The first-order chi connectivity index (χ1) is 10.2. The molecule has 0 radical (unpaired) electrons. The molecule has 0 spiro atoms. The normalized spacial score (nSPS) is 11.3. The Balaban J connectivity index is 4.02. The van der Waals surface area contributed by atoms with E-state index in [2.05, 4.69) is 15.6 Å². The molecule has 0 aromatic carbocycles. The minimum Gasteiger partial charge on any atom is -0.382 e. The van der Waals surface area contributed by atoms with Gasteiger partial charge in [0.1, 0.15) is 0 Å². The Morgan fingerprint density at radius 2 is 1.86 bits per heavy atom. The number of aliphatic imine (C=N–C) groups is 1. The number of carbonyl (C=O) groups is 1. The van der Waals surface area contributed by atoms with Gasteiger partial charge in [0.25, 0.3) is 0 Å². The van der Waals surface area contributed by atoms with Gasteiger partial charge in [-0.1, -0.05) is 0 Å². The first-order valence-corrected chi connectivity index (χ1v) is 8.07. The Bertz CT molecular complexity index is 291. The number of amides is 1. The van der Waals surface area contributed by atoms with Gasteiger partial charge in [0.15, 0.2) is 5.96 Å². The lowest BCUT2D eigenvalue weighted by Gasteiger charge is -2.19. The molecule has 0 saturated heterocycles. The van der Waals surface area contributed by atoms with E-state index in [-0.39, 0.29) is 5.91 Å². The number of carbonyl (C=O) groups excluding carboxylic acids is 1. The molecule has 0 aromatic heterocycles. The third-order valence-corrected chi connectivity index (χ3v) is 3.01. The Morgan fingerprint density at radius 1 is 1.14 bits per heavy atom. The fourth-order valence-corrected chi connectivity index (χ4v) is 1.87. The third-order valence-electron chi connectivity index (χ3n) is 3.01. The van der Waals surface area contributed by atoms with Gasteiger partial charge in [-0.15, -0.1) is 0 Å². The zero-order valence-electron chi connectivity index (χ0n) is 14.1. The lowest BCUT2D eigenvalue weighted by molar-refractivity contribution is -0.130. The second-order valence-corrected chi connectivity index (χ2v) is 4.55. The summed E-state index contributed by atoms with van der Waals surface area (Å²) >= 11 is 0. The molecule has 0 atom stereocenters. The van der Waals surface area contributed by atoms with Crippen LogP contribution in [0.1, 0.15) is 40.5 Å². The molecule has 0 rings (SSSR count). The maximum absolute atomic E-state index is 11.9. The maximum Gasteiger partial charge on any atom is 0.224 e. The largest absolute Gasteiger partial charge is 0.382 e. The van der Waals surface area contributed by atoms with Crippen LogP contribution in [0.4, 0.5) is 0 Å². The molecular formula is C15H32N4O2. The quantitative estimate of drug-likeness (QED) is 0.342. The van der Waals surface area contributed by atoms with Crippen molar-refractivity contribution in [2.75, 3.05) is 45.9 Å². The van der Waals surface area contributed by atoms with Crippen molar-refractivity contribution in [1.82, 2.24) is 15.5 Å². The monoisotopic (exact) mass is 300 g/mol. The average Bonchev–Trinajstić information content (AvgIpc) is 2.48. The summed E-state index contributed by atoms with van der Waals surface area (Å²) in [6.45, 7) is 13.2. The summed E-state index contributed by atoms with van der Waals surface area (Å²) in [5, 5.41) is 6.37. The summed E-state index contributed by atoms with van der Waals surface area (Å²) in [4.78, 5) is 18.2. The topological polar surface area (TPSA) is 66.0 Å². The fourth-order valence-electron chi connectivity index (χ4n) is 1.87. The van der Waals surface area contributed by atoms with Crippen LogP contribution in [0.3, 0.4) is 0 Å². The van der Waals surface area contributed by atoms with E-state index in [0.717, 1.165) is 51.8 Å². The smallest absolute Gasteiger partial charge is 0.224 e. The van der Waals surface area contributed by atoms with Crippen molar-refractivity contribution in [3.63, 3.8) is 0 Å². The molecule has 6 nitrogen and oxygen atoms in total. The van der Waals surface area contributed by atoms with Gasteiger partial charge in [-0.2, -0.15) is 0 Å². The molecule has 0 aromatic rings. The number of ether oxygens (including phenoxy) is 1. The van der Waals surface area contributed by atoms with E-state index in [1.165, 1.54) is 0 Å². The van der Waals surface area contributed by atoms with Crippen molar-refractivity contribution in [2.24, 2.45) is 4.99 Å². The second kappa shape index (κ2) is 13.7. The molecule has 124 valence electrons. The number of nitrogens with zero attached hydrogens (tertiary/aromatic N) is 2. The molecule has 0 heterocycles. The van der Waals surface area contributed by atoms with Crippen molar-refractivity contribution in [3.05, 3.63) is 0 Å². The summed E-state index contributed by atoms with van der Waals surface area (Å²) in [5.74, 6) is 0.945. The second-order valence-electron chi connectivity index (χ2n) is 4.55. The van der Waals surface area contributed by atoms with Crippen LogP contribution in [0.2, 0.25) is 0 Å². The van der Waals surface area contributed by atoms with Crippen LogP contribution in [-0.2, 0) is 9.53 Å². The van der Waals surface area contributed by atoms with E-state index < -0.39 is 0 Å². The number of guanidine groups is 1. The lowest BCUT2D eigenvalue weighted by atomic mass is 10.3. The number of hydrogen-bond donors (Lipinski definition) is 2. The van der Waals surface area contributed by atoms with Gasteiger partial charge in [-0.25, -0.2) is 0 Å². The highest BCUT2D eigenvalue weighted by Crippen LogP contribution is 1.92. The first-order valence-electron chi connectivity index (χ1n) is 8.07. The fraction of sp³-hybridized carbons (Fsp3) is 0.867. The van der Waals surface area contributed by atoms with E-state index in [9.17, 15) is 4.79 Å². The summed E-state index contributed by atoms with van der Waals surface area (Å²) in [5.41, 5.74) is 0. The average molecular weight is 300 g/mol. The summed E-state index contributed by atoms with van der Waals surface area (Å²) < 4.78 is 5.28. The Hall–Kier alpha value is -1.30. The van der Waals surface area contributed by atoms with Crippen LogP contribution in [0.15, 0.2) is 4.99 Å². The molecule has 0 aliphatic heterocycles. The van der Waals surface area contributed by atoms with Crippen LogP contribution in [0.5, 0.6) is 0 Å². The zero-order valence-corrected chi connectivity index (χ0v) is 14.1. The highest BCUT2D eigenvalue weighted by molar-refractivity contribution is 5.81. The molecule has 0 unspecified atom stereocenters. The summed E-state index contributed by atoms with van der Waals surface area (Å²) in [6.07, 6.45) is 1.40. The molecule has 1 amide bonds. The van der Waals surface area contributed by atoms with Gasteiger partial charge in [-0.05, 0) is 34.1 Å². The highest BCUT2D eigenvalue weighted by Gasteiger charge is 2.08. The third kappa shape index (κ3) is 10.1. The Morgan fingerprint density at radius 3 is 2.43 bits per heavy atom. The Kier molecular flexibility index (Phi) is 12.8. The van der Waals surface area contributed by atoms with Gasteiger partial charge in [0.2, 0.25) is 5.91 Å². The van der Waals surface area contributed by atoms with Gasteiger partial charge in [0, 0.05) is 52.4 Å². The Labute approximate surface area is 129 Å². The highest BCUT2D eigenvalue weighted by atomic mass is 16.5. The van der Waals surface area contributed by atoms with Crippen LogP contribution in [0.25, 0.3) is 0 Å². The molecule has 0 aliphatic carbocycles. The molecular weight excluding hydrogens is 268 g/mol. The maximum atomic E-state index is 11.9. The predicted molar refractivity (Wildman–Crippen MR) is 87.6 cm³/mol. The van der Waals surface area contributed by atoms with Crippen molar-refractivity contribution in [1.29, 1.82) is 0 Å². The summed E-state index contributed by atoms with van der Waals surface area (Å²) in [7, 11) is 0. The standard InChI is InChI=1S/C15H32N4O2/c1-5-16-15(17-11-9-13-21-8-4)18-12-10-14(20)19(6-2)7-3/h5-13H2,1-4H3,(H2,16,17,18). The molecule has 0 fully saturated rings. The van der Waals surface area contributed by atoms with Crippen molar-refractivity contribution in [2.45, 2.75) is 40.5 Å². The molecule has 6 heteroatoms. The van der Waals surface area contributed by atoms with Gasteiger partial charge in [0.05, 0.1) is 0 Å². The van der Waals surface area contributed by atoms with Crippen LogP contribution < -0.4 is 10.6 Å². The van der Waals surface area contributed by atoms with Gasteiger partial charge < -0.3 is 20.3 Å². The minimum absolute atomic E-state index is 0.180. The van der Waals surface area contributed by atoms with Crippen molar-refractivity contribution >= 4 is 11.9 Å². The van der Waals surface area contributed by atoms with E-state index >= 15 is 0 Å².